The van der Waals surface area contributed by atoms with Crippen LogP contribution in [-0.2, 0) is 16.4 Å². The second-order valence-electron chi connectivity index (χ2n) is 6.09. The van der Waals surface area contributed by atoms with Gasteiger partial charge in [0.1, 0.15) is 0 Å². The Labute approximate surface area is 126 Å². The summed E-state index contributed by atoms with van der Waals surface area (Å²) in [5, 5.41) is 3.44. The van der Waals surface area contributed by atoms with E-state index in [-0.39, 0.29) is 17.8 Å². The molecule has 0 aromatic carbocycles. The van der Waals surface area contributed by atoms with Gasteiger partial charge in [0, 0.05) is 31.0 Å². The number of hydrogen-bond donors (Lipinski definition) is 1. The van der Waals surface area contributed by atoms with E-state index in [4.69, 9.17) is 0 Å². The van der Waals surface area contributed by atoms with Crippen LogP contribution in [0.25, 0.3) is 0 Å². The Morgan fingerprint density at radius 1 is 1.24 bits per heavy atom. The molecule has 2 fully saturated rings. The number of pyridine rings is 1. The first-order chi connectivity index (χ1) is 10.1. The zero-order valence-corrected chi connectivity index (χ0v) is 13.1. The van der Waals surface area contributed by atoms with Gasteiger partial charge >= 0.3 is 0 Å². The van der Waals surface area contributed by atoms with Crippen LogP contribution in [0.15, 0.2) is 24.5 Å². The molecule has 1 aromatic rings. The van der Waals surface area contributed by atoms with Crippen molar-refractivity contribution in [2.45, 2.75) is 37.9 Å². The first kappa shape index (κ1) is 14.9. The van der Waals surface area contributed by atoms with Crippen molar-refractivity contribution < 1.29 is 8.42 Å². The summed E-state index contributed by atoms with van der Waals surface area (Å²) in [6, 6.07) is 4.09. The summed E-state index contributed by atoms with van der Waals surface area (Å²) in [4.78, 5) is 6.47. The Balaban J connectivity index is 1.66. The van der Waals surface area contributed by atoms with Crippen LogP contribution in [-0.4, -0.2) is 55.0 Å². The number of nitrogens with one attached hydrogen (secondary N) is 1. The van der Waals surface area contributed by atoms with Crippen LogP contribution in [0.5, 0.6) is 0 Å². The van der Waals surface area contributed by atoms with Gasteiger partial charge in [-0.1, -0.05) is 12.5 Å². The third kappa shape index (κ3) is 3.81. The highest BCUT2D eigenvalue weighted by Crippen LogP contribution is 2.22. The lowest BCUT2D eigenvalue weighted by atomic mass is 10.0. The van der Waals surface area contributed by atoms with Crippen molar-refractivity contribution in [3.63, 3.8) is 0 Å². The van der Waals surface area contributed by atoms with Crippen molar-refractivity contribution in [1.82, 2.24) is 15.2 Å². The molecule has 5 nitrogen and oxygen atoms in total. The maximum absolute atomic E-state index is 12.0. The van der Waals surface area contributed by atoms with Crippen LogP contribution in [0.2, 0.25) is 0 Å². The third-order valence-corrected chi connectivity index (χ3v) is 6.19. The van der Waals surface area contributed by atoms with Gasteiger partial charge in [0.25, 0.3) is 0 Å². The van der Waals surface area contributed by atoms with E-state index in [1.54, 1.807) is 6.20 Å². The Hall–Kier alpha value is -0.980. The fraction of sp³-hybridized carbons (Fsp3) is 0.667. The number of likely N-dealkylation sites (tertiary alicyclic amines) is 1. The van der Waals surface area contributed by atoms with Crippen molar-refractivity contribution >= 4 is 9.84 Å². The van der Waals surface area contributed by atoms with Crippen LogP contribution >= 0.6 is 0 Å². The Kier molecular flexibility index (Phi) is 4.57. The summed E-state index contributed by atoms with van der Waals surface area (Å²) in [5.41, 5.74) is 1.10. The van der Waals surface area contributed by atoms with E-state index in [1.807, 2.05) is 18.3 Å². The van der Waals surface area contributed by atoms with Crippen molar-refractivity contribution in [2.24, 2.45) is 0 Å². The van der Waals surface area contributed by atoms with E-state index in [9.17, 15) is 8.42 Å². The second kappa shape index (κ2) is 6.42. The Morgan fingerprint density at radius 3 is 2.76 bits per heavy atom. The van der Waals surface area contributed by atoms with E-state index in [0.717, 1.165) is 18.7 Å². The normalized spacial score (nSPS) is 29.5. The second-order valence-corrected chi connectivity index (χ2v) is 8.24. The zero-order chi connectivity index (χ0) is 14.7. The number of nitrogens with zero attached hydrogens (tertiary/aromatic N) is 2. The molecule has 1 aromatic heterocycles. The predicted molar refractivity (Wildman–Crippen MR) is 82.7 cm³/mol. The van der Waals surface area contributed by atoms with E-state index >= 15 is 0 Å². The fourth-order valence-corrected chi connectivity index (χ4v) is 5.37. The average molecular weight is 309 g/mol. The number of aromatic nitrogens is 1. The highest BCUT2D eigenvalue weighted by atomic mass is 32.2. The van der Waals surface area contributed by atoms with Gasteiger partial charge in [-0.05, 0) is 37.6 Å². The smallest absolute Gasteiger partial charge is 0.153 e. The van der Waals surface area contributed by atoms with Crippen molar-refractivity contribution in [2.75, 3.05) is 24.6 Å². The Morgan fingerprint density at radius 2 is 2.05 bits per heavy atom. The van der Waals surface area contributed by atoms with Gasteiger partial charge in [0.15, 0.2) is 9.84 Å². The van der Waals surface area contributed by atoms with Crippen molar-refractivity contribution in [1.29, 1.82) is 0 Å². The summed E-state index contributed by atoms with van der Waals surface area (Å²) in [7, 11) is -2.92. The molecule has 0 spiro atoms. The average Bonchev–Trinajstić information content (AvgIpc) is 2.82. The van der Waals surface area contributed by atoms with Crippen LogP contribution < -0.4 is 5.32 Å². The van der Waals surface area contributed by atoms with Crippen LogP contribution in [0.1, 0.15) is 24.8 Å². The molecule has 2 atom stereocenters. The zero-order valence-electron chi connectivity index (χ0n) is 12.2. The van der Waals surface area contributed by atoms with Crippen LogP contribution in [0.4, 0.5) is 0 Å². The highest BCUT2D eigenvalue weighted by Gasteiger charge is 2.40. The molecule has 2 aliphatic heterocycles. The molecule has 2 unspecified atom stereocenters. The number of hydrogen-bond acceptors (Lipinski definition) is 5. The van der Waals surface area contributed by atoms with Gasteiger partial charge in [-0.15, -0.1) is 0 Å². The molecule has 0 amide bonds. The SMILES string of the molecule is O=S1(=O)CC(NCc2cccnc2)C(N2CCCCC2)C1. The van der Waals surface area contributed by atoms with Crippen LogP contribution in [0, 0.1) is 0 Å². The number of piperidine rings is 1. The van der Waals surface area contributed by atoms with Crippen molar-refractivity contribution in [3.05, 3.63) is 30.1 Å². The number of sulfone groups is 1. The fourth-order valence-electron chi connectivity index (χ4n) is 3.39. The molecule has 0 radical (unpaired) electrons. The minimum absolute atomic E-state index is 0.0355. The first-order valence-electron chi connectivity index (χ1n) is 7.71. The lowest BCUT2D eigenvalue weighted by Gasteiger charge is -2.35. The van der Waals surface area contributed by atoms with Gasteiger partial charge in [0.2, 0.25) is 0 Å². The quantitative estimate of drug-likeness (QED) is 0.892. The van der Waals surface area contributed by atoms with Crippen molar-refractivity contribution in [3.8, 4) is 0 Å². The first-order valence-corrected chi connectivity index (χ1v) is 9.53. The lowest BCUT2D eigenvalue weighted by Crippen LogP contribution is -2.50. The summed E-state index contributed by atoms with van der Waals surface area (Å²) in [6.07, 6.45) is 7.22. The van der Waals surface area contributed by atoms with Gasteiger partial charge < -0.3 is 5.32 Å². The van der Waals surface area contributed by atoms with E-state index in [2.05, 4.69) is 15.2 Å². The minimum atomic E-state index is -2.92. The summed E-state index contributed by atoms with van der Waals surface area (Å²) in [6.45, 7) is 2.74. The molecule has 1 N–H and O–H groups in total. The molecule has 0 bridgehead atoms. The van der Waals surface area contributed by atoms with Gasteiger partial charge in [0.05, 0.1) is 11.5 Å². The Bertz CT molecular complexity index is 556. The molecule has 116 valence electrons. The maximum atomic E-state index is 12.0. The standard InChI is InChI=1S/C15H23N3O2S/c19-21(20)11-14(17-10-13-5-4-6-16-9-13)15(12-21)18-7-2-1-3-8-18/h4-6,9,14-15,17H,1-3,7-8,10-12H2. The molecule has 6 heteroatoms. The molecular formula is C15H23N3O2S. The lowest BCUT2D eigenvalue weighted by molar-refractivity contribution is 0.155. The van der Waals surface area contributed by atoms with E-state index < -0.39 is 9.84 Å². The summed E-state index contributed by atoms with van der Waals surface area (Å²) >= 11 is 0. The van der Waals surface area contributed by atoms with E-state index in [1.165, 1.54) is 19.3 Å². The largest absolute Gasteiger partial charge is 0.307 e. The minimum Gasteiger partial charge on any atom is -0.307 e. The molecule has 0 saturated carbocycles. The highest BCUT2D eigenvalue weighted by molar-refractivity contribution is 7.91. The van der Waals surface area contributed by atoms with Gasteiger partial charge in [-0.3, -0.25) is 9.88 Å². The van der Waals surface area contributed by atoms with Gasteiger partial charge in [-0.25, -0.2) is 8.42 Å². The van der Waals surface area contributed by atoms with Gasteiger partial charge in [-0.2, -0.15) is 0 Å². The van der Waals surface area contributed by atoms with E-state index in [0.29, 0.717) is 12.3 Å². The molecule has 2 aliphatic rings. The molecule has 2 saturated heterocycles. The maximum Gasteiger partial charge on any atom is 0.153 e. The molecule has 3 heterocycles. The molecule has 0 aliphatic carbocycles. The van der Waals surface area contributed by atoms with Crippen LogP contribution in [0.3, 0.4) is 0 Å². The number of rotatable bonds is 4. The molecule has 3 rings (SSSR count). The topological polar surface area (TPSA) is 62.3 Å². The molecular weight excluding hydrogens is 286 g/mol. The summed E-state index contributed by atoms with van der Waals surface area (Å²) < 4.78 is 24.1. The monoisotopic (exact) mass is 309 g/mol. The summed E-state index contributed by atoms with van der Waals surface area (Å²) in [5.74, 6) is 0.562. The third-order valence-electron chi connectivity index (χ3n) is 4.47. The molecule has 21 heavy (non-hydrogen) atoms. The predicted octanol–water partition coefficient (Wildman–Crippen LogP) is 0.823.